The highest BCUT2D eigenvalue weighted by Crippen LogP contribution is 2.24. The second kappa shape index (κ2) is 9.18. The second-order valence-electron chi connectivity index (χ2n) is 6.03. The molecule has 0 aliphatic carbocycles. The standard InChI is InChI=1S/C20H19N3O4S/c1-23(2)18(24)13-28-16-11-7-6-10-15(16)20(25)26-12-17-21-19(22-27-17)14-8-4-3-5-9-14/h3-11H,12-13H2,1-2H3. The third kappa shape index (κ3) is 4.98. The van der Waals surface area contributed by atoms with E-state index >= 15 is 0 Å². The molecule has 0 saturated heterocycles. The molecule has 8 heteroatoms. The minimum absolute atomic E-state index is 0.0347. The van der Waals surface area contributed by atoms with E-state index in [-0.39, 0.29) is 24.2 Å². The molecule has 0 aliphatic heterocycles. The molecule has 0 spiro atoms. The van der Waals surface area contributed by atoms with Crippen LogP contribution in [-0.4, -0.2) is 46.8 Å². The van der Waals surface area contributed by atoms with Crippen LogP contribution < -0.4 is 0 Å². The van der Waals surface area contributed by atoms with Gasteiger partial charge in [0.25, 0.3) is 5.89 Å². The number of amides is 1. The number of thioether (sulfide) groups is 1. The number of carbonyl (C=O) groups is 2. The van der Waals surface area contributed by atoms with E-state index in [0.717, 1.165) is 5.56 Å². The fourth-order valence-corrected chi connectivity index (χ4v) is 3.27. The van der Waals surface area contributed by atoms with Crippen LogP contribution in [-0.2, 0) is 16.1 Å². The Balaban J connectivity index is 1.63. The lowest BCUT2D eigenvalue weighted by molar-refractivity contribution is -0.125. The van der Waals surface area contributed by atoms with Crippen LogP contribution in [0.4, 0.5) is 0 Å². The van der Waals surface area contributed by atoms with E-state index in [2.05, 4.69) is 10.1 Å². The Kier molecular flexibility index (Phi) is 6.44. The van der Waals surface area contributed by atoms with Gasteiger partial charge in [-0.2, -0.15) is 4.98 Å². The van der Waals surface area contributed by atoms with Gasteiger partial charge >= 0.3 is 5.97 Å². The molecule has 1 amide bonds. The smallest absolute Gasteiger partial charge is 0.339 e. The molecule has 0 aliphatic rings. The van der Waals surface area contributed by atoms with Crippen molar-refractivity contribution < 1.29 is 18.8 Å². The Morgan fingerprint density at radius 3 is 2.54 bits per heavy atom. The van der Waals surface area contributed by atoms with Gasteiger partial charge in [-0.25, -0.2) is 4.79 Å². The lowest BCUT2D eigenvalue weighted by Gasteiger charge is -2.11. The molecule has 1 aromatic heterocycles. The van der Waals surface area contributed by atoms with Crippen LogP contribution in [0, 0.1) is 0 Å². The molecule has 144 valence electrons. The number of rotatable bonds is 7. The van der Waals surface area contributed by atoms with Crippen molar-refractivity contribution in [1.82, 2.24) is 15.0 Å². The molecule has 0 saturated carbocycles. The van der Waals surface area contributed by atoms with Crippen molar-refractivity contribution in [3.8, 4) is 11.4 Å². The number of carbonyl (C=O) groups excluding carboxylic acids is 2. The maximum absolute atomic E-state index is 12.5. The van der Waals surface area contributed by atoms with Gasteiger partial charge in [0.05, 0.1) is 11.3 Å². The quantitative estimate of drug-likeness (QED) is 0.447. The van der Waals surface area contributed by atoms with Gasteiger partial charge in [0.15, 0.2) is 6.61 Å². The summed E-state index contributed by atoms with van der Waals surface area (Å²) in [4.78, 5) is 30.7. The number of ether oxygens (including phenoxy) is 1. The largest absolute Gasteiger partial charge is 0.452 e. The average Bonchev–Trinajstić information content (AvgIpc) is 3.20. The molecule has 0 N–H and O–H groups in total. The number of aromatic nitrogens is 2. The zero-order chi connectivity index (χ0) is 19.9. The summed E-state index contributed by atoms with van der Waals surface area (Å²) < 4.78 is 10.5. The van der Waals surface area contributed by atoms with E-state index in [1.165, 1.54) is 16.7 Å². The Hall–Kier alpha value is -3.13. The van der Waals surface area contributed by atoms with Crippen LogP contribution in [0.1, 0.15) is 16.2 Å². The summed E-state index contributed by atoms with van der Waals surface area (Å²) in [6.07, 6.45) is 0. The van der Waals surface area contributed by atoms with Crippen LogP contribution >= 0.6 is 11.8 Å². The van der Waals surface area contributed by atoms with Gasteiger partial charge in [0, 0.05) is 24.6 Å². The molecule has 0 atom stereocenters. The van der Waals surface area contributed by atoms with Crippen molar-refractivity contribution >= 4 is 23.6 Å². The van der Waals surface area contributed by atoms with Crippen molar-refractivity contribution in [2.24, 2.45) is 0 Å². The Labute approximate surface area is 166 Å². The van der Waals surface area contributed by atoms with Crippen molar-refractivity contribution in [3.05, 3.63) is 66.1 Å². The monoisotopic (exact) mass is 397 g/mol. The van der Waals surface area contributed by atoms with Gasteiger partial charge in [-0.3, -0.25) is 4.79 Å². The number of hydrogen-bond donors (Lipinski definition) is 0. The summed E-state index contributed by atoms with van der Waals surface area (Å²) in [6.45, 7) is -0.131. The summed E-state index contributed by atoms with van der Waals surface area (Å²) in [5, 5.41) is 3.90. The fraction of sp³-hybridized carbons (Fsp3) is 0.200. The Bertz CT molecular complexity index is 957. The molecular formula is C20H19N3O4S. The van der Waals surface area contributed by atoms with E-state index in [1.807, 2.05) is 36.4 Å². The Morgan fingerprint density at radius 1 is 1.07 bits per heavy atom. The summed E-state index contributed by atoms with van der Waals surface area (Å²) in [6, 6.07) is 16.4. The number of benzene rings is 2. The molecule has 0 unspecified atom stereocenters. The minimum atomic E-state index is -0.514. The zero-order valence-electron chi connectivity index (χ0n) is 15.5. The molecule has 1 heterocycles. The highest BCUT2D eigenvalue weighted by molar-refractivity contribution is 8.00. The SMILES string of the molecule is CN(C)C(=O)CSc1ccccc1C(=O)OCc1nc(-c2ccccc2)no1. The minimum Gasteiger partial charge on any atom is -0.452 e. The molecule has 2 aromatic carbocycles. The first-order valence-electron chi connectivity index (χ1n) is 8.51. The summed E-state index contributed by atoms with van der Waals surface area (Å²) in [7, 11) is 3.38. The summed E-state index contributed by atoms with van der Waals surface area (Å²) in [5.41, 5.74) is 1.21. The van der Waals surface area contributed by atoms with Crippen LogP contribution in [0.15, 0.2) is 64.0 Å². The average molecular weight is 397 g/mol. The topological polar surface area (TPSA) is 85.5 Å². The van der Waals surface area contributed by atoms with Gasteiger partial charge in [0.2, 0.25) is 11.7 Å². The highest BCUT2D eigenvalue weighted by atomic mass is 32.2. The van der Waals surface area contributed by atoms with Crippen molar-refractivity contribution in [2.45, 2.75) is 11.5 Å². The second-order valence-corrected chi connectivity index (χ2v) is 7.04. The van der Waals surface area contributed by atoms with Crippen molar-refractivity contribution in [2.75, 3.05) is 19.8 Å². The first-order valence-corrected chi connectivity index (χ1v) is 9.50. The maximum atomic E-state index is 12.5. The van der Waals surface area contributed by atoms with Gasteiger partial charge in [0.1, 0.15) is 0 Å². The molecule has 0 radical (unpaired) electrons. The lowest BCUT2D eigenvalue weighted by atomic mass is 10.2. The van der Waals surface area contributed by atoms with Crippen LogP contribution in [0.5, 0.6) is 0 Å². The fourth-order valence-electron chi connectivity index (χ4n) is 2.25. The van der Waals surface area contributed by atoms with Crippen molar-refractivity contribution in [1.29, 1.82) is 0 Å². The normalized spacial score (nSPS) is 10.5. The van der Waals surface area contributed by atoms with Crippen LogP contribution in [0.25, 0.3) is 11.4 Å². The van der Waals surface area contributed by atoms with E-state index in [0.29, 0.717) is 16.3 Å². The summed E-state index contributed by atoms with van der Waals surface area (Å²) in [5.74, 6) is 0.332. The van der Waals surface area contributed by atoms with Crippen molar-refractivity contribution in [3.63, 3.8) is 0 Å². The van der Waals surface area contributed by atoms with E-state index in [9.17, 15) is 9.59 Å². The predicted molar refractivity (Wildman–Crippen MR) is 105 cm³/mol. The highest BCUT2D eigenvalue weighted by Gasteiger charge is 2.16. The first kappa shape index (κ1) is 19.6. The first-order chi connectivity index (χ1) is 13.5. The predicted octanol–water partition coefficient (Wildman–Crippen LogP) is 3.27. The van der Waals surface area contributed by atoms with E-state index in [1.54, 1.807) is 32.3 Å². The molecule has 3 rings (SSSR count). The number of nitrogens with zero attached hydrogens (tertiary/aromatic N) is 3. The van der Waals surface area contributed by atoms with E-state index in [4.69, 9.17) is 9.26 Å². The molecule has 3 aromatic rings. The Morgan fingerprint density at radius 2 is 1.79 bits per heavy atom. The van der Waals surface area contributed by atoms with Gasteiger partial charge in [-0.05, 0) is 12.1 Å². The third-order valence-electron chi connectivity index (χ3n) is 3.78. The van der Waals surface area contributed by atoms with Crippen LogP contribution in [0.3, 0.4) is 0 Å². The number of hydrogen-bond acceptors (Lipinski definition) is 7. The maximum Gasteiger partial charge on any atom is 0.339 e. The number of esters is 1. The molecule has 7 nitrogen and oxygen atoms in total. The molecule has 0 bridgehead atoms. The summed E-state index contributed by atoms with van der Waals surface area (Å²) >= 11 is 1.29. The van der Waals surface area contributed by atoms with Gasteiger partial charge in [-0.15, -0.1) is 11.8 Å². The van der Waals surface area contributed by atoms with Gasteiger partial charge < -0.3 is 14.2 Å². The third-order valence-corrected chi connectivity index (χ3v) is 4.84. The molecule has 0 fully saturated rings. The lowest BCUT2D eigenvalue weighted by Crippen LogP contribution is -2.23. The zero-order valence-corrected chi connectivity index (χ0v) is 16.3. The molecule has 28 heavy (non-hydrogen) atoms. The molecular weight excluding hydrogens is 378 g/mol. The van der Waals surface area contributed by atoms with E-state index < -0.39 is 5.97 Å². The van der Waals surface area contributed by atoms with Gasteiger partial charge in [-0.1, -0.05) is 47.6 Å². The van der Waals surface area contributed by atoms with Crippen LogP contribution in [0.2, 0.25) is 0 Å².